The van der Waals surface area contributed by atoms with E-state index in [4.69, 9.17) is 11.6 Å². The first kappa shape index (κ1) is 20.8. The Morgan fingerprint density at radius 2 is 1.81 bits per heavy atom. The molecule has 4 rings (SSSR count). The van der Waals surface area contributed by atoms with E-state index in [2.05, 4.69) is 39.8 Å². The Bertz CT molecular complexity index is 1200. The Balaban J connectivity index is 1.41. The second-order valence-corrected chi connectivity index (χ2v) is 8.08. The summed E-state index contributed by atoms with van der Waals surface area (Å²) in [6.07, 6.45) is 5.48. The smallest absolute Gasteiger partial charge is 0.308 e. The number of benzene rings is 2. The number of rotatable bonds is 6. The number of urea groups is 1. The Hall–Kier alpha value is -3.45. The van der Waals surface area contributed by atoms with Gasteiger partial charge in [0.1, 0.15) is 5.15 Å². The number of anilines is 2. The highest BCUT2D eigenvalue weighted by Crippen LogP contribution is 2.27. The summed E-state index contributed by atoms with van der Waals surface area (Å²) in [6.45, 7) is 4.39. The third-order valence-corrected chi connectivity index (χ3v) is 5.20. The average Bonchev–Trinajstić information content (AvgIpc) is 3.24. The van der Waals surface area contributed by atoms with E-state index in [0.29, 0.717) is 22.4 Å². The van der Waals surface area contributed by atoms with Crippen LogP contribution in [0.3, 0.4) is 0 Å². The topological polar surface area (TPSA) is 84.7 Å². The van der Waals surface area contributed by atoms with Gasteiger partial charge in [-0.15, -0.1) is 5.10 Å². The van der Waals surface area contributed by atoms with Gasteiger partial charge >= 0.3 is 6.03 Å². The average molecular weight is 435 g/mol. The molecule has 0 spiro atoms. The fourth-order valence-corrected chi connectivity index (χ4v) is 3.43. The number of nitrogens with one attached hydrogen (secondary N) is 2. The maximum atomic E-state index is 12.5. The lowest BCUT2D eigenvalue weighted by molar-refractivity contribution is 0.262. The van der Waals surface area contributed by atoms with Crippen molar-refractivity contribution >= 4 is 39.8 Å². The highest BCUT2D eigenvalue weighted by atomic mass is 35.5. The van der Waals surface area contributed by atoms with E-state index >= 15 is 0 Å². The summed E-state index contributed by atoms with van der Waals surface area (Å²) in [7, 11) is 0. The number of aryl methyl sites for hydroxylation is 1. The highest BCUT2D eigenvalue weighted by Gasteiger charge is 2.10. The van der Waals surface area contributed by atoms with Crippen molar-refractivity contribution in [2.24, 2.45) is 5.92 Å². The molecule has 0 saturated carbocycles. The molecule has 31 heavy (non-hydrogen) atoms. The SMILES string of the molecule is CC(C)CCc1cn(-c2ccc(NC(=O)Nc3cnc(Cl)c4ccccc34)cc2)nn1. The lowest BCUT2D eigenvalue weighted by atomic mass is 10.1. The number of fused-ring (bicyclic) bond motifs is 1. The van der Waals surface area contributed by atoms with Crippen molar-refractivity contribution in [1.82, 2.24) is 20.0 Å². The molecule has 4 aromatic rings. The molecule has 0 saturated heterocycles. The van der Waals surface area contributed by atoms with Gasteiger partial charge in [-0.2, -0.15) is 0 Å². The molecular formula is C23H23ClN6O. The minimum absolute atomic E-state index is 0.362. The molecule has 2 heterocycles. The highest BCUT2D eigenvalue weighted by molar-refractivity contribution is 6.34. The fourth-order valence-electron chi connectivity index (χ4n) is 3.22. The molecule has 0 aliphatic carbocycles. The molecule has 0 fully saturated rings. The molecule has 2 N–H and O–H groups in total. The van der Waals surface area contributed by atoms with Crippen LogP contribution in [0.15, 0.2) is 60.9 Å². The van der Waals surface area contributed by atoms with Gasteiger partial charge in [0.25, 0.3) is 0 Å². The van der Waals surface area contributed by atoms with Gasteiger partial charge < -0.3 is 10.6 Å². The number of nitrogens with zero attached hydrogens (tertiary/aromatic N) is 4. The van der Waals surface area contributed by atoms with Crippen LogP contribution < -0.4 is 10.6 Å². The third kappa shape index (κ3) is 5.00. The summed E-state index contributed by atoms with van der Waals surface area (Å²) in [5.41, 5.74) is 3.10. The van der Waals surface area contributed by atoms with Gasteiger partial charge in [0.15, 0.2) is 0 Å². The van der Waals surface area contributed by atoms with Crippen LogP contribution in [0.2, 0.25) is 5.15 Å². The van der Waals surface area contributed by atoms with Crippen molar-refractivity contribution in [2.45, 2.75) is 26.7 Å². The molecule has 0 bridgehead atoms. The van der Waals surface area contributed by atoms with Gasteiger partial charge in [0, 0.05) is 16.5 Å². The van der Waals surface area contributed by atoms with Crippen LogP contribution in [0.4, 0.5) is 16.2 Å². The van der Waals surface area contributed by atoms with E-state index in [1.165, 1.54) is 0 Å². The maximum Gasteiger partial charge on any atom is 0.323 e. The van der Waals surface area contributed by atoms with Crippen molar-refractivity contribution in [2.75, 3.05) is 10.6 Å². The number of carbonyl (C=O) groups is 1. The van der Waals surface area contributed by atoms with Crippen LogP contribution in [-0.4, -0.2) is 26.0 Å². The van der Waals surface area contributed by atoms with E-state index in [0.717, 1.165) is 35.0 Å². The van der Waals surface area contributed by atoms with Gasteiger partial charge in [-0.25, -0.2) is 14.5 Å². The number of amides is 2. The minimum Gasteiger partial charge on any atom is -0.308 e. The zero-order chi connectivity index (χ0) is 21.8. The van der Waals surface area contributed by atoms with E-state index < -0.39 is 0 Å². The number of aromatic nitrogens is 4. The fraction of sp³-hybridized carbons (Fsp3) is 0.217. The number of carbonyl (C=O) groups excluding carboxylic acids is 1. The summed E-state index contributed by atoms with van der Waals surface area (Å²) in [5.74, 6) is 0.628. The maximum absolute atomic E-state index is 12.5. The standard InChI is InChI=1S/C23H23ClN6O/c1-15(2)7-8-17-14-30(29-28-17)18-11-9-16(10-12-18)26-23(31)27-21-13-25-22(24)20-6-4-3-5-19(20)21/h3-6,9-15H,7-8H2,1-2H3,(H2,26,27,31). The molecule has 2 amide bonds. The number of pyridine rings is 1. The molecule has 0 unspecified atom stereocenters. The van der Waals surface area contributed by atoms with Crippen LogP contribution in [0, 0.1) is 5.92 Å². The Morgan fingerprint density at radius 3 is 2.55 bits per heavy atom. The van der Waals surface area contributed by atoms with Crippen molar-refractivity contribution < 1.29 is 4.79 Å². The summed E-state index contributed by atoms with van der Waals surface area (Å²) in [6, 6.07) is 14.6. The summed E-state index contributed by atoms with van der Waals surface area (Å²) < 4.78 is 1.74. The second kappa shape index (κ2) is 9.14. The molecular weight excluding hydrogens is 412 g/mol. The Morgan fingerprint density at radius 1 is 1.06 bits per heavy atom. The van der Waals surface area contributed by atoms with Crippen LogP contribution in [-0.2, 0) is 6.42 Å². The quantitative estimate of drug-likeness (QED) is 0.381. The van der Waals surface area contributed by atoms with Crippen molar-refractivity contribution in [3.05, 3.63) is 71.8 Å². The largest absolute Gasteiger partial charge is 0.323 e. The van der Waals surface area contributed by atoms with Crippen LogP contribution in [0.1, 0.15) is 26.0 Å². The van der Waals surface area contributed by atoms with E-state index in [1.54, 1.807) is 10.9 Å². The lowest BCUT2D eigenvalue weighted by Crippen LogP contribution is -2.19. The molecule has 0 aliphatic heterocycles. The van der Waals surface area contributed by atoms with Crippen molar-refractivity contribution in [3.8, 4) is 5.69 Å². The number of halogens is 1. The van der Waals surface area contributed by atoms with Crippen LogP contribution in [0.25, 0.3) is 16.5 Å². The van der Waals surface area contributed by atoms with E-state index in [1.807, 2.05) is 54.7 Å². The first-order chi connectivity index (χ1) is 15.0. The predicted octanol–water partition coefficient (Wildman–Crippen LogP) is 5.70. The number of hydrogen-bond donors (Lipinski definition) is 2. The Kier molecular flexibility index (Phi) is 6.13. The van der Waals surface area contributed by atoms with Crippen LogP contribution in [0.5, 0.6) is 0 Å². The minimum atomic E-state index is -0.362. The molecule has 0 aliphatic rings. The Labute approximate surface area is 185 Å². The first-order valence-electron chi connectivity index (χ1n) is 10.1. The third-order valence-electron chi connectivity index (χ3n) is 4.90. The molecule has 0 atom stereocenters. The number of hydrogen-bond acceptors (Lipinski definition) is 4. The first-order valence-corrected chi connectivity index (χ1v) is 10.5. The van der Waals surface area contributed by atoms with Gasteiger partial charge in [-0.1, -0.05) is 54.9 Å². The summed E-state index contributed by atoms with van der Waals surface area (Å²) >= 11 is 6.14. The summed E-state index contributed by atoms with van der Waals surface area (Å²) in [4.78, 5) is 16.6. The molecule has 2 aromatic carbocycles. The second-order valence-electron chi connectivity index (χ2n) is 7.72. The van der Waals surface area contributed by atoms with Gasteiger partial charge in [0.05, 0.1) is 29.5 Å². The molecule has 2 aromatic heterocycles. The van der Waals surface area contributed by atoms with E-state index in [-0.39, 0.29) is 6.03 Å². The normalized spacial score (nSPS) is 11.1. The molecule has 0 radical (unpaired) electrons. The van der Waals surface area contributed by atoms with Crippen molar-refractivity contribution in [1.29, 1.82) is 0 Å². The van der Waals surface area contributed by atoms with Crippen LogP contribution >= 0.6 is 11.6 Å². The van der Waals surface area contributed by atoms with E-state index in [9.17, 15) is 4.79 Å². The van der Waals surface area contributed by atoms with Gasteiger partial charge in [-0.3, -0.25) is 0 Å². The van der Waals surface area contributed by atoms with Gasteiger partial charge in [0.2, 0.25) is 0 Å². The van der Waals surface area contributed by atoms with Gasteiger partial charge in [-0.05, 0) is 43.0 Å². The summed E-state index contributed by atoms with van der Waals surface area (Å²) in [5, 5.41) is 16.1. The lowest BCUT2D eigenvalue weighted by Gasteiger charge is -2.11. The van der Waals surface area contributed by atoms with Crippen molar-refractivity contribution in [3.63, 3.8) is 0 Å². The molecule has 8 heteroatoms. The predicted molar refractivity (Wildman–Crippen MR) is 124 cm³/mol. The zero-order valence-electron chi connectivity index (χ0n) is 17.3. The zero-order valence-corrected chi connectivity index (χ0v) is 18.1. The monoisotopic (exact) mass is 434 g/mol. The molecule has 7 nitrogen and oxygen atoms in total. The molecule has 158 valence electrons.